The molecule has 0 amide bonds. The second kappa shape index (κ2) is 7.64. The van der Waals surface area contributed by atoms with E-state index in [1.165, 1.54) is 38.8 Å². The molecule has 0 aromatic rings. The maximum Gasteiger partial charge on any atom is 0.00965 e. The van der Waals surface area contributed by atoms with E-state index in [9.17, 15) is 0 Å². The largest absolute Gasteiger partial charge is 0.312 e. The van der Waals surface area contributed by atoms with E-state index in [1.54, 1.807) is 0 Å². The molecule has 1 rings (SSSR count). The van der Waals surface area contributed by atoms with E-state index in [2.05, 4.69) is 51.8 Å². The van der Waals surface area contributed by atoms with Crippen molar-refractivity contribution in [1.29, 1.82) is 0 Å². The summed E-state index contributed by atoms with van der Waals surface area (Å²) in [6.45, 7) is 17.7. The lowest BCUT2D eigenvalue weighted by Gasteiger charge is -2.37. The zero-order valence-electron chi connectivity index (χ0n) is 14.1. The van der Waals surface area contributed by atoms with Gasteiger partial charge in [-0.3, -0.25) is 0 Å². The minimum atomic E-state index is 0.263. The Morgan fingerprint density at radius 2 is 1.68 bits per heavy atom. The van der Waals surface area contributed by atoms with Gasteiger partial charge in [0.2, 0.25) is 0 Å². The van der Waals surface area contributed by atoms with Crippen molar-refractivity contribution in [3.05, 3.63) is 0 Å². The van der Waals surface area contributed by atoms with E-state index in [0.717, 1.165) is 24.4 Å². The van der Waals surface area contributed by atoms with Crippen LogP contribution in [0.1, 0.15) is 67.2 Å². The molecular formula is C17H36N2. The van der Waals surface area contributed by atoms with Gasteiger partial charge in [-0.1, -0.05) is 13.8 Å². The van der Waals surface area contributed by atoms with Crippen LogP contribution >= 0.6 is 0 Å². The SMILES string of the molecule is CC(C)C1CCN(C(C)CCCNC(C)(C)C)CC1. The van der Waals surface area contributed by atoms with E-state index < -0.39 is 0 Å². The monoisotopic (exact) mass is 268 g/mol. The minimum absolute atomic E-state index is 0.263. The second-order valence-corrected chi connectivity index (χ2v) is 7.79. The van der Waals surface area contributed by atoms with Gasteiger partial charge in [-0.2, -0.15) is 0 Å². The van der Waals surface area contributed by atoms with Crippen molar-refractivity contribution < 1.29 is 0 Å². The predicted molar refractivity (Wildman–Crippen MR) is 85.6 cm³/mol. The summed E-state index contributed by atoms with van der Waals surface area (Å²) in [6.07, 6.45) is 5.43. The molecule has 1 heterocycles. The number of hydrogen-bond acceptors (Lipinski definition) is 2. The van der Waals surface area contributed by atoms with Crippen LogP contribution in [0.5, 0.6) is 0 Å². The fourth-order valence-electron chi connectivity index (χ4n) is 3.07. The minimum Gasteiger partial charge on any atom is -0.312 e. The van der Waals surface area contributed by atoms with Crippen LogP contribution in [0.25, 0.3) is 0 Å². The lowest BCUT2D eigenvalue weighted by molar-refractivity contribution is 0.116. The summed E-state index contributed by atoms with van der Waals surface area (Å²) in [4.78, 5) is 2.70. The average Bonchev–Trinajstić information content (AvgIpc) is 2.33. The fraction of sp³-hybridized carbons (Fsp3) is 1.00. The Labute approximate surface area is 121 Å². The normalized spacial score (nSPS) is 21.0. The molecule has 1 unspecified atom stereocenters. The number of likely N-dealkylation sites (tertiary alicyclic amines) is 1. The Hall–Kier alpha value is -0.0800. The van der Waals surface area contributed by atoms with Crippen molar-refractivity contribution in [3.8, 4) is 0 Å². The van der Waals surface area contributed by atoms with Gasteiger partial charge in [0.1, 0.15) is 0 Å². The lowest BCUT2D eigenvalue weighted by atomic mass is 9.86. The number of hydrogen-bond donors (Lipinski definition) is 1. The summed E-state index contributed by atoms with van der Waals surface area (Å²) in [5.74, 6) is 1.83. The standard InChI is InChI=1S/C17H36N2/c1-14(2)16-9-12-19(13-10-16)15(3)8-7-11-18-17(4,5)6/h14-16,18H,7-13H2,1-6H3. The first-order chi connectivity index (χ1) is 8.79. The van der Waals surface area contributed by atoms with Crippen LogP contribution in [0, 0.1) is 11.8 Å². The molecule has 1 aliphatic heterocycles. The van der Waals surface area contributed by atoms with Gasteiger partial charge < -0.3 is 10.2 Å². The zero-order chi connectivity index (χ0) is 14.5. The molecule has 2 nitrogen and oxygen atoms in total. The molecule has 0 aliphatic carbocycles. The molecule has 19 heavy (non-hydrogen) atoms. The van der Waals surface area contributed by atoms with Crippen LogP contribution in [-0.2, 0) is 0 Å². The van der Waals surface area contributed by atoms with Crippen LogP contribution in [0.3, 0.4) is 0 Å². The number of nitrogens with one attached hydrogen (secondary N) is 1. The summed E-state index contributed by atoms with van der Waals surface area (Å²) in [6, 6.07) is 0.759. The van der Waals surface area contributed by atoms with Gasteiger partial charge in [0.15, 0.2) is 0 Å². The van der Waals surface area contributed by atoms with Crippen LogP contribution < -0.4 is 5.32 Å². The van der Waals surface area contributed by atoms with Crippen LogP contribution in [0.4, 0.5) is 0 Å². The second-order valence-electron chi connectivity index (χ2n) is 7.79. The van der Waals surface area contributed by atoms with Gasteiger partial charge >= 0.3 is 0 Å². The first-order valence-corrected chi connectivity index (χ1v) is 8.28. The molecule has 1 saturated heterocycles. The van der Waals surface area contributed by atoms with Crippen molar-refractivity contribution in [2.45, 2.75) is 78.8 Å². The fourth-order valence-corrected chi connectivity index (χ4v) is 3.07. The van der Waals surface area contributed by atoms with Crippen molar-refractivity contribution in [2.75, 3.05) is 19.6 Å². The molecule has 0 saturated carbocycles. The summed E-state index contributed by atoms with van der Waals surface area (Å²) in [5, 5.41) is 3.58. The number of piperidine rings is 1. The molecule has 0 aromatic heterocycles. The smallest absolute Gasteiger partial charge is 0.00965 e. The van der Waals surface area contributed by atoms with Crippen molar-refractivity contribution in [1.82, 2.24) is 10.2 Å². The average molecular weight is 268 g/mol. The predicted octanol–water partition coefficient (Wildman–Crippen LogP) is 3.91. The van der Waals surface area contributed by atoms with Crippen LogP contribution in [0.2, 0.25) is 0 Å². The first kappa shape index (κ1) is 17.0. The number of nitrogens with zero attached hydrogens (tertiary/aromatic N) is 1. The molecule has 0 spiro atoms. The van der Waals surface area contributed by atoms with Crippen LogP contribution in [0.15, 0.2) is 0 Å². The van der Waals surface area contributed by atoms with Crippen LogP contribution in [-0.4, -0.2) is 36.1 Å². The van der Waals surface area contributed by atoms with Crippen molar-refractivity contribution in [3.63, 3.8) is 0 Å². The van der Waals surface area contributed by atoms with E-state index in [-0.39, 0.29) is 5.54 Å². The summed E-state index contributed by atoms with van der Waals surface area (Å²) in [5.41, 5.74) is 0.263. The molecular weight excluding hydrogens is 232 g/mol. The third-order valence-electron chi connectivity index (χ3n) is 4.59. The van der Waals surface area contributed by atoms with E-state index in [4.69, 9.17) is 0 Å². The maximum absolute atomic E-state index is 3.58. The van der Waals surface area contributed by atoms with E-state index in [1.807, 2.05) is 0 Å². The van der Waals surface area contributed by atoms with Gasteiger partial charge in [0.05, 0.1) is 0 Å². The number of rotatable bonds is 6. The Bertz CT molecular complexity index is 234. The summed E-state index contributed by atoms with van der Waals surface area (Å²) in [7, 11) is 0. The quantitative estimate of drug-likeness (QED) is 0.735. The summed E-state index contributed by atoms with van der Waals surface area (Å²) >= 11 is 0. The highest BCUT2D eigenvalue weighted by Gasteiger charge is 2.24. The Morgan fingerprint density at radius 1 is 1.11 bits per heavy atom. The van der Waals surface area contributed by atoms with Gasteiger partial charge in [-0.05, 0) is 84.8 Å². The topological polar surface area (TPSA) is 15.3 Å². The highest BCUT2D eigenvalue weighted by atomic mass is 15.2. The molecule has 114 valence electrons. The molecule has 1 fully saturated rings. The molecule has 0 bridgehead atoms. The van der Waals surface area contributed by atoms with Gasteiger partial charge in [0, 0.05) is 11.6 Å². The highest BCUT2D eigenvalue weighted by molar-refractivity contribution is 4.78. The first-order valence-electron chi connectivity index (χ1n) is 8.28. The Kier molecular flexibility index (Phi) is 6.82. The van der Waals surface area contributed by atoms with Crippen molar-refractivity contribution >= 4 is 0 Å². The van der Waals surface area contributed by atoms with Crippen molar-refractivity contribution in [2.24, 2.45) is 11.8 Å². The Balaban J connectivity index is 2.15. The molecule has 2 heteroatoms. The zero-order valence-corrected chi connectivity index (χ0v) is 14.1. The van der Waals surface area contributed by atoms with Gasteiger partial charge in [0.25, 0.3) is 0 Å². The van der Waals surface area contributed by atoms with Gasteiger partial charge in [-0.15, -0.1) is 0 Å². The third-order valence-corrected chi connectivity index (χ3v) is 4.59. The highest BCUT2D eigenvalue weighted by Crippen LogP contribution is 2.26. The molecule has 1 N–H and O–H groups in total. The lowest BCUT2D eigenvalue weighted by Crippen LogP contribution is -2.41. The maximum atomic E-state index is 3.58. The molecule has 1 atom stereocenters. The third kappa shape index (κ3) is 6.76. The Morgan fingerprint density at radius 3 is 2.16 bits per heavy atom. The summed E-state index contributed by atoms with van der Waals surface area (Å²) < 4.78 is 0. The molecule has 0 radical (unpaired) electrons. The van der Waals surface area contributed by atoms with E-state index >= 15 is 0 Å². The van der Waals surface area contributed by atoms with Gasteiger partial charge in [-0.25, -0.2) is 0 Å². The molecule has 0 aromatic carbocycles. The molecule has 1 aliphatic rings. The van der Waals surface area contributed by atoms with E-state index in [0.29, 0.717) is 0 Å².